The molecule has 38 heavy (non-hydrogen) atoms. The highest BCUT2D eigenvalue weighted by molar-refractivity contribution is 6.06. The van der Waals surface area contributed by atoms with E-state index in [1.807, 2.05) is 13.0 Å². The third-order valence-electron chi connectivity index (χ3n) is 8.54. The van der Waals surface area contributed by atoms with E-state index < -0.39 is 11.8 Å². The zero-order chi connectivity index (χ0) is 27.2. The fraction of sp³-hybridized carbons (Fsp3) is 0.552. The average molecular weight is 524 g/mol. The van der Waals surface area contributed by atoms with Crippen LogP contribution >= 0.6 is 0 Å². The number of nitrogens with one attached hydrogen (secondary N) is 2. The number of benzene rings is 1. The summed E-state index contributed by atoms with van der Waals surface area (Å²) in [6.07, 6.45) is 4.22. The highest BCUT2D eigenvalue weighted by atomic mass is 16.7. The van der Waals surface area contributed by atoms with Gasteiger partial charge in [-0.15, -0.1) is 0 Å². The second-order valence-corrected chi connectivity index (χ2v) is 11.1. The monoisotopic (exact) mass is 523 g/mol. The maximum absolute atomic E-state index is 13.1. The maximum Gasteiger partial charge on any atom is 0.340 e. The highest BCUT2D eigenvalue weighted by Gasteiger charge is 2.52. The Hall–Kier alpha value is -3.17. The minimum absolute atomic E-state index is 0.0407. The van der Waals surface area contributed by atoms with Gasteiger partial charge in [0.2, 0.25) is 0 Å². The number of oxazole rings is 1. The lowest BCUT2D eigenvalue weighted by molar-refractivity contribution is -0.355. The largest absolute Gasteiger partial charge is 0.478 e. The van der Waals surface area contributed by atoms with Gasteiger partial charge >= 0.3 is 5.97 Å². The van der Waals surface area contributed by atoms with E-state index in [0.717, 1.165) is 19.3 Å². The number of aromatic amines is 1. The van der Waals surface area contributed by atoms with Crippen LogP contribution < -0.4 is 5.32 Å². The van der Waals surface area contributed by atoms with E-state index in [2.05, 4.69) is 36.1 Å². The van der Waals surface area contributed by atoms with Crippen LogP contribution in [0.2, 0.25) is 0 Å². The first-order valence-electron chi connectivity index (χ1n) is 13.5. The van der Waals surface area contributed by atoms with Gasteiger partial charge in [0.05, 0.1) is 30.0 Å². The predicted octanol–water partition coefficient (Wildman–Crippen LogP) is 5.53. The van der Waals surface area contributed by atoms with Gasteiger partial charge in [0.15, 0.2) is 23.0 Å². The Morgan fingerprint density at radius 3 is 2.68 bits per heavy atom. The molecule has 0 saturated carbocycles. The third-order valence-corrected chi connectivity index (χ3v) is 8.54. The Balaban J connectivity index is 1.39. The number of aromatic carboxylic acids is 1. The number of hydrogen-bond donors (Lipinski definition) is 3. The van der Waals surface area contributed by atoms with Crippen LogP contribution in [-0.4, -0.2) is 51.9 Å². The average Bonchev–Trinajstić information content (AvgIpc) is 3.57. The van der Waals surface area contributed by atoms with E-state index >= 15 is 0 Å². The standard InChI is InChI=1S/C29H37N3O6/c1-15-10-11-29(17(3)13-16(2)27(38-29)18(4)26(33)20-7-6-12-31-20)37-22(15)14-23-32-25-21(36-23)9-8-19(30-5)24(25)28(34)35/h6-9,12,15-18,22,27,30-31H,10-11,13-14H2,1-5H3,(H,34,35)/t15-,16-,17+,18+,22-,27-,29+/m0/s1. The van der Waals surface area contributed by atoms with E-state index in [4.69, 9.17) is 13.9 Å². The summed E-state index contributed by atoms with van der Waals surface area (Å²) in [5.41, 5.74) is 1.93. The predicted molar refractivity (Wildman–Crippen MR) is 142 cm³/mol. The topological polar surface area (TPSA) is 127 Å². The lowest BCUT2D eigenvalue weighted by Crippen LogP contribution is -2.58. The fourth-order valence-electron chi connectivity index (χ4n) is 6.27. The van der Waals surface area contributed by atoms with E-state index in [1.165, 1.54) is 0 Å². The van der Waals surface area contributed by atoms with Gasteiger partial charge in [-0.1, -0.05) is 27.7 Å². The Labute approximate surface area is 222 Å². The summed E-state index contributed by atoms with van der Waals surface area (Å²) in [4.78, 5) is 32.7. The summed E-state index contributed by atoms with van der Waals surface area (Å²) in [5.74, 6) is -1.11. The fourth-order valence-corrected chi connectivity index (χ4v) is 6.27. The van der Waals surface area contributed by atoms with Gasteiger partial charge in [-0.25, -0.2) is 9.78 Å². The number of anilines is 1. The molecular formula is C29H37N3O6. The highest BCUT2D eigenvalue weighted by Crippen LogP contribution is 2.48. The van der Waals surface area contributed by atoms with E-state index in [0.29, 0.717) is 34.8 Å². The molecule has 3 N–H and O–H groups in total. The number of fused-ring (bicyclic) bond motifs is 1. The maximum atomic E-state index is 13.1. The SMILES string of the molecule is CNc1ccc2oc(C[C@@H]3O[C@]4(CC[C@@H]3C)O[C@H]([C@H](C)C(=O)c3ccc[nH]3)[C@@H](C)C[C@H]4C)nc2c1C(=O)O. The van der Waals surface area contributed by atoms with E-state index in [9.17, 15) is 14.7 Å². The van der Waals surface area contributed by atoms with E-state index in [1.54, 1.807) is 31.4 Å². The zero-order valence-corrected chi connectivity index (χ0v) is 22.6. The second kappa shape index (κ2) is 10.2. The number of aromatic nitrogens is 2. The molecule has 0 radical (unpaired) electrons. The summed E-state index contributed by atoms with van der Waals surface area (Å²) in [6, 6.07) is 7.05. The van der Waals surface area contributed by atoms with Gasteiger partial charge in [-0.3, -0.25) is 4.79 Å². The van der Waals surface area contributed by atoms with Crippen molar-refractivity contribution < 1.29 is 28.6 Å². The summed E-state index contributed by atoms with van der Waals surface area (Å²) in [5, 5.41) is 12.7. The van der Waals surface area contributed by atoms with Gasteiger partial charge in [-0.05, 0) is 48.9 Å². The molecule has 7 atom stereocenters. The molecule has 0 aliphatic carbocycles. The molecular weight excluding hydrogens is 486 g/mol. The van der Waals surface area contributed by atoms with Crippen molar-refractivity contribution in [2.24, 2.45) is 23.7 Å². The molecule has 2 aliphatic rings. The van der Waals surface area contributed by atoms with Crippen LogP contribution in [0.25, 0.3) is 11.1 Å². The van der Waals surface area contributed by atoms with Gasteiger partial charge in [0.1, 0.15) is 11.1 Å². The Bertz CT molecular complexity index is 1320. The summed E-state index contributed by atoms with van der Waals surface area (Å²) >= 11 is 0. The van der Waals surface area contributed by atoms with Crippen molar-refractivity contribution in [3.63, 3.8) is 0 Å². The van der Waals surface area contributed by atoms with Gasteiger partial charge in [0.25, 0.3) is 0 Å². The van der Waals surface area contributed by atoms with Gasteiger partial charge in [0, 0.05) is 31.5 Å². The van der Waals surface area contributed by atoms with Crippen molar-refractivity contribution in [2.75, 3.05) is 12.4 Å². The van der Waals surface area contributed by atoms with Crippen molar-refractivity contribution in [1.82, 2.24) is 9.97 Å². The molecule has 2 saturated heterocycles. The van der Waals surface area contributed by atoms with Crippen molar-refractivity contribution in [3.05, 3.63) is 47.6 Å². The molecule has 1 aromatic carbocycles. The first-order chi connectivity index (χ1) is 18.1. The minimum atomic E-state index is -1.06. The minimum Gasteiger partial charge on any atom is -0.478 e. The first-order valence-corrected chi connectivity index (χ1v) is 13.5. The molecule has 5 rings (SSSR count). The molecule has 3 aromatic rings. The number of hydrogen-bond acceptors (Lipinski definition) is 7. The number of ether oxygens (including phenoxy) is 2. The van der Waals surface area contributed by atoms with Crippen molar-refractivity contribution in [3.8, 4) is 0 Å². The van der Waals surface area contributed by atoms with Crippen LogP contribution in [0.15, 0.2) is 34.9 Å². The molecule has 4 heterocycles. The van der Waals surface area contributed by atoms with Crippen LogP contribution in [-0.2, 0) is 15.9 Å². The molecule has 2 aliphatic heterocycles. The Morgan fingerprint density at radius 1 is 1.21 bits per heavy atom. The Morgan fingerprint density at radius 2 is 2.00 bits per heavy atom. The van der Waals surface area contributed by atoms with Crippen molar-refractivity contribution in [1.29, 1.82) is 0 Å². The normalized spacial score (nSPS) is 30.4. The van der Waals surface area contributed by atoms with Crippen LogP contribution in [0, 0.1) is 23.7 Å². The molecule has 9 heteroatoms. The molecule has 0 unspecified atom stereocenters. The van der Waals surface area contributed by atoms with Crippen molar-refractivity contribution in [2.45, 2.75) is 71.4 Å². The number of carbonyl (C=O) groups excluding carboxylic acids is 1. The van der Waals surface area contributed by atoms with Crippen LogP contribution in [0.4, 0.5) is 5.69 Å². The van der Waals surface area contributed by atoms with Crippen LogP contribution in [0.5, 0.6) is 0 Å². The lowest BCUT2D eigenvalue weighted by atomic mass is 9.75. The van der Waals surface area contributed by atoms with E-state index in [-0.39, 0.29) is 47.2 Å². The molecule has 9 nitrogen and oxygen atoms in total. The molecule has 1 spiro atoms. The van der Waals surface area contributed by atoms with Crippen molar-refractivity contribution >= 4 is 28.5 Å². The number of Topliss-reactive ketones (excluding diaryl/α,β-unsaturated/α-hetero) is 1. The molecule has 2 aromatic heterocycles. The molecule has 204 valence electrons. The molecule has 2 fully saturated rings. The summed E-state index contributed by atoms with van der Waals surface area (Å²) < 4.78 is 19.6. The number of H-pyrrole nitrogens is 1. The lowest BCUT2D eigenvalue weighted by Gasteiger charge is -2.53. The number of ketones is 1. The van der Waals surface area contributed by atoms with Crippen LogP contribution in [0.1, 0.15) is 73.7 Å². The molecule has 0 amide bonds. The summed E-state index contributed by atoms with van der Waals surface area (Å²) in [7, 11) is 1.68. The quantitative estimate of drug-likeness (QED) is 0.345. The van der Waals surface area contributed by atoms with Gasteiger partial charge < -0.3 is 29.3 Å². The third kappa shape index (κ3) is 4.62. The zero-order valence-electron chi connectivity index (χ0n) is 22.6. The number of carbonyl (C=O) groups is 2. The van der Waals surface area contributed by atoms with Crippen LogP contribution in [0.3, 0.4) is 0 Å². The second-order valence-electron chi connectivity index (χ2n) is 11.1. The molecule has 0 bridgehead atoms. The number of carboxylic acid groups (broad SMARTS) is 1. The summed E-state index contributed by atoms with van der Waals surface area (Å²) in [6.45, 7) is 8.39. The number of carboxylic acids is 1. The smallest absolute Gasteiger partial charge is 0.340 e. The van der Waals surface area contributed by atoms with Gasteiger partial charge in [-0.2, -0.15) is 0 Å². The number of nitrogens with zero attached hydrogens (tertiary/aromatic N) is 1. The number of rotatable bonds is 7. The Kier molecular flexibility index (Phi) is 7.09. The first kappa shape index (κ1) is 26.4.